The first kappa shape index (κ1) is 20.7. The Labute approximate surface area is 157 Å². The van der Waals surface area contributed by atoms with Crippen LogP contribution in [-0.2, 0) is 13.0 Å². The summed E-state index contributed by atoms with van der Waals surface area (Å²) >= 11 is 5.99. The highest BCUT2D eigenvalue weighted by Gasteiger charge is 2.32. The van der Waals surface area contributed by atoms with Gasteiger partial charge in [-0.1, -0.05) is 11.6 Å². The maximum atomic E-state index is 12.3. The quantitative estimate of drug-likeness (QED) is 0.610. The summed E-state index contributed by atoms with van der Waals surface area (Å²) in [6.07, 6.45) is 1.51. The molecule has 2 rings (SSSR count). The van der Waals surface area contributed by atoms with Crippen molar-refractivity contribution in [2.75, 3.05) is 19.7 Å². The first-order chi connectivity index (χ1) is 12.2. The Morgan fingerprint density at radius 1 is 1.42 bits per heavy atom. The first-order valence-corrected chi connectivity index (χ1v) is 9.22. The maximum absolute atomic E-state index is 12.3. The molecule has 1 aliphatic rings. The Balaban J connectivity index is 2.11. The fourth-order valence-corrected chi connectivity index (χ4v) is 3.62. The molecule has 0 spiro atoms. The molecule has 1 saturated heterocycles. The predicted molar refractivity (Wildman–Crippen MR) is 98.7 cm³/mol. The zero-order valence-corrected chi connectivity index (χ0v) is 16.0. The SMILES string of the molecule is CC(C)(Cc1nc(Cl)cc(=O)n1CCCO)N1CCC(NC(=O)O)CC1. The van der Waals surface area contributed by atoms with Gasteiger partial charge in [0.1, 0.15) is 11.0 Å². The van der Waals surface area contributed by atoms with E-state index in [2.05, 4.69) is 29.0 Å². The fourth-order valence-electron chi connectivity index (χ4n) is 3.43. The lowest BCUT2D eigenvalue weighted by atomic mass is 9.93. The van der Waals surface area contributed by atoms with Gasteiger partial charge in [0.05, 0.1) is 0 Å². The number of likely N-dealkylation sites (tertiary alicyclic amines) is 1. The molecule has 0 bridgehead atoms. The lowest BCUT2D eigenvalue weighted by Crippen LogP contribution is -2.53. The van der Waals surface area contributed by atoms with E-state index in [1.54, 1.807) is 4.57 Å². The number of carboxylic acid groups (broad SMARTS) is 1. The number of hydrogen-bond donors (Lipinski definition) is 3. The standard InChI is InChI=1S/C17H27ClN4O4/c1-17(2,21-7-4-12(5-8-21)19-16(25)26)11-14-20-13(18)10-15(24)22(14)6-3-9-23/h10,12,19,23H,3-9,11H2,1-2H3,(H,25,26). The summed E-state index contributed by atoms with van der Waals surface area (Å²) in [7, 11) is 0. The normalized spacial score (nSPS) is 16.6. The number of piperidine rings is 1. The van der Waals surface area contributed by atoms with E-state index in [1.807, 2.05) is 0 Å². The molecule has 2 heterocycles. The summed E-state index contributed by atoms with van der Waals surface area (Å²) in [4.78, 5) is 29.7. The summed E-state index contributed by atoms with van der Waals surface area (Å²) in [5.41, 5.74) is -0.479. The second kappa shape index (κ2) is 8.83. The lowest BCUT2D eigenvalue weighted by molar-refractivity contribution is 0.0798. The van der Waals surface area contributed by atoms with Crippen LogP contribution in [0.25, 0.3) is 0 Å². The molecule has 1 aromatic rings. The van der Waals surface area contributed by atoms with Gasteiger partial charge in [0, 0.05) is 50.3 Å². The van der Waals surface area contributed by atoms with Crippen LogP contribution in [0.2, 0.25) is 5.15 Å². The molecule has 0 atom stereocenters. The average molecular weight is 387 g/mol. The third kappa shape index (κ3) is 5.43. The molecular formula is C17H27ClN4O4. The second-order valence-corrected chi connectivity index (χ2v) is 7.65. The van der Waals surface area contributed by atoms with Crippen LogP contribution in [0.3, 0.4) is 0 Å². The minimum Gasteiger partial charge on any atom is -0.465 e. The van der Waals surface area contributed by atoms with Crippen molar-refractivity contribution in [2.24, 2.45) is 0 Å². The van der Waals surface area contributed by atoms with E-state index >= 15 is 0 Å². The van der Waals surface area contributed by atoms with E-state index in [4.69, 9.17) is 21.8 Å². The number of carbonyl (C=O) groups is 1. The van der Waals surface area contributed by atoms with Gasteiger partial charge in [0.15, 0.2) is 0 Å². The van der Waals surface area contributed by atoms with Gasteiger partial charge in [0.25, 0.3) is 5.56 Å². The number of aromatic nitrogens is 2. The summed E-state index contributed by atoms with van der Waals surface area (Å²) in [5.74, 6) is 0.603. The minimum absolute atomic E-state index is 0.00197. The van der Waals surface area contributed by atoms with Crippen molar-refractivity contribution >= 4 is 17.7 Å². The van der Waals surface area contributed by atoms with Gasteiger partial charge in [-0.05, 0) is 33.1 Å². The summed E-state index contributed by atoms with van der Waals surface area (Å²) in [6, 6.07) is 1.27. The molecule has 146 valence electrons. The van der Waals surface area contributed by atoms with E-state index in [-0.39, 0.29) is 28.9 Å². The Hall–Kier alpha value is -1.64. The molecule has 1 fully saturated rings. The van der Waals surface area contributed by atoms with Gasteiger partial charge < -0.3 is 15.5 Å². The van der Waals surface area contributed by atoms with Crippen LogP contribution in [0.1, 0.15) is 38.9 Å². The van der Waals surface area contributed by atoms with Gasteiger partial charge in [-0.3, -0.25) is 14.3 Å². The molecule has 1 aliphatic heterocycles. The highest BCUT2D eigenvalue weighted by molar-refractivity contribution is 6.29. The van der Waals surface area contributed by atoms with E-state index in [1.165, 1.54) is 6.07 Å². The first-order valence-electron chi connectivity index (χ1n) is 8.84. The number of halogens is 1. The van der Waals surface area contributed by atoms with Crippen LogP contribution in [0.5, 0.6) is 0 Å². The fraction of sp³-hybridized carbons (Fsp3) is 0.706. The van der Waals surface area contributed by atoms with Gasteiger partial charge in [-0.15, -0.1) is 0 Å². The number of rotatable bonds is 7. The van der Waals surface area contributed by atoms with Crippen molar-refractivity contribution < 1.29 is 15.0 Å². The zero-order valence-electron chi connectivity index (χ0n) is 15.2. The Morgan fingerprint density at radius 2 is 2.08 bits per heavy atom. The lowest BCUT2D eigenvalue weighted by Gasteiger charge is -2.43. The van der Waals surface area contributed by atoms with Crippen LogP contribution >= 0.6 is 11.6 Å². The van der Waals surface area contributed by atoms with Crippen molar-refractivity contribution in [2.45, 2.75) is 57.7 Å². The molecule has 9 heteroatoms. The van der Waals surface area contributed by atoms with Crippen LogP contribution in [0.4, 0.5) is 4.79 Å². The smallest absolute Gasteiger partial charge is 0.404 e. The van der Waals surface area contributed by atoms with Crippen LogP contribution in [0, 0.1) is 0 Å². The van der Waals surface area contributed by atoms with Crippen molar-refractivity contribution in [1.82, 2.24) is 19.8 Å². The van der Waals surface area contributed by atoms with Gasteiger partial charge >= 0.3 is 6.09 Å². The molecular weight excluding hydrogens is 360 g/mol. The number of nitrogens with one attached hydrogen (secondary N) is 1. The number of hydrogen-bond acceptors (Lipinski definition) is 5. The monoisotopic (exact) mass is 386 g/mol. The van der Waals surface area contributed by atoms with Gasteiger partial charge in [-0.25, -0.2) is 9.78 Å². The minimum atomic E-state index is -0.987. The number of aliphatic hydroxyl groups is 1. The molecule has 0 aromatic carbocycles. The highest BCUT2D eigenvalue weighted by atomic mass is 35.5. The molecule has 1 aromatic heterocycles. The summed E-state index contributed by atoms with van der Waals surface area (Å²) in [6.45, 7) is 6.10. The van der Waals surface area contributed by atoms with Gasteiger partial charge in [0.2, 0.25) is 0 Å². The van der Waals surface area contributed by atoms with E-state index < -0.39 is 6.09 Å². The topological polar surface area (TPSA) is 108 Å². The predicted octanol–water partition coefficient (Wildman–Crippen LogP) is 1.33. The Kier molecular flexibility index (Phi) is 7.02. The third-order valence-electron chi connectivity index (χ3n) is 4.87. The maximum Gasteiger partial charge on any atom is 0.404 e. The van der Waals surface area contributed by atoms with Crippen LogP contribution in [-0.4, -0.2) is 62.0 Å². The van der Waals surface area contributed by atoms with Crippen LogP contribution in [0.15, 0.2) is 10.9 Å². The molecule has 0 unspecified atom stereocenters. The van der Waals surface area contributed by atoms with Crippen molar-refractivity contribution in [3.63, 3.8) is 0 Å². The highest BCUT2D eigenvalue weighted by Crippen LogP contribution is 2.24. The second-order valence-electron chi connectivity index (χ2n) is 7.26. The van der Waals surface area contributed by atoms with Gasteiger partial charge in [-0.2, -0.15) is 0 Å². The largest absolute Gasteiger partial charge is 0.465 e. The molecule has 0 radical (unpaired) electrons. The van der Waals surface area contributed by atoms with Crippen molar-refractivity contribution in [3.8, 4) is 0 Å². The Morgan fingerprint density at radius 3 is 2.65 bits per heavy atom. The van der Waals surface area contributed by atoms with E-state index in [0.717, 1.165) is 25.9 Å². The van der Waals surface area contributed by atoms with Crippen LogP contribution < -0.4 is 10.9 Å². The van der Waals surface area contributed by atoms with Crippen molar-refractivity contribution in [1.29, 1.82) is 0 Å². The number of nitrogens with zero attached hydrogens (tertiary/aromatic N) is 3. The molecule has 3 N–H and O–H groups in total. The summed E-state index contributed by atoms with van der Waals surface area (Å²) in [5, 5.41) is 20.6. The molecule has 26 heavy (non-hydrogen) atoms. The number of aliphatic hydroxyl groups excluding tert-OH is 1. The molecule has 0 saturated carbocycles. The van der Waals surface area contributed by atoms with E-state index in [9.17, 15) is 9.59 Å². The molecule has 8 nitrogen and oxygen atoms in total. The summed E-state index contributed by atoms with van der Waals surface area (Å²) < 4.78 is 1.57. The Bertz CT molecular complexity index is 684. The third-order valence-corrected chi connectivity index (χ3v) is 5.06. The number of amides is 1. The average Bonchev–Trinajstić information content (AvgIpc) is 2.53. The molecule has 0 aliphatic carbocycles. The van der Waals surface area contributed by atoms with E-state index in [0.29, 0.717) is 25.2 Å². The van der Waals surface area contributed by atoms with Crippen molar-refractivity contribution in [3.05, 3.63) is 27.4 Å². The zero-order chi connectivity index (χ0) is 19.3. The molecule has 1 amide bonds.